The van der Waals surface area contributed by atoms with Gasteiger partial charge in [-0.1, -0.05) is 24.3 Å². The van der Waals surface area contributed by atoms with Crippen LogP contribution in [-0.2, 0) is 4.74 Å². The summed E-state index contributed by atoms with van der Waals surface area (Å²) < 4.78 is 5.13. The molecular formula is C16H23N3O3. The van der Waals surface area contributed by atoms with Crippen LogP contribution in [0.1, 0.15) is 43.1 Å². The van der Waals surface area contributed by atoms with E-state index in [2.05, 4.69) is 10.7 Å². The SMILES string of the molecule is CC(C)(C)OC(=O)NCCC=Cc1ccc(C(=O)NN)cc1. The van der Waals surface area contributed by atoms with Crippen LogP contribution < -0.4 is 16.6 Å². The lowest BCUT2D eigenvalue weighted by Gasteiger charge is -2.19. The summed E-state index contributed by atoms with van der Waals surface area (Å²) in [6, 6.07) is 7.03. The number of benzene rings is 1. The number of nitrogen functional groups attached to an aromatic ring is 1. The standard InChI is InChI=1S/C16H23N3O3/c1-16(2,3)22-15(21)18-11-5-4-6-12-7-9-13(10-8-12)14(20)19-17/h4,6-10H,5,11,17H2,1-3H3,(H,18,21)(H,19,20). The maximum Gasteiger partial charge on any atom is 0.407 e. The molecule has 0 spiro atoms. The summed E-state index contributed by atoms with van der Waals surface area (Å²) in [5.41, 5.74) is 3.06. The smallest absolute Gasteiger partial charge is 0.407 e. The number of nitrogens with two attached hydrogens (primary N) is 1. The first-order valence-corrected chi connectivity index (χ1v) is 7.06. The van der Waals surface area contributed by atoms with Crippen molar-refractivity contribution in [3.05, 3.63) is 41.5 Å². The van der Waals surface area contributed by atoms with Crippen LogP contribution >= 0.6 is 0 Å². The maximum atomic E-state index is 11.4. The number of hydrogen-bond acceptors (Lipinski definition) is 4. The number of hydrogen-bond donors (Lipinski definition) is 3. The van der Waals surface area contributed by atoms with Crippen LogP contribution in [0.25, 0.3) is 6.08 Å². The molecule has 6 nitrogen and oxygen atoms in total. The third-order valence-electron chi connectivity index (χ3n) is 2.59. The molecule has 0 aromatic heterocycles. The topological polar surface area (TPSA) is 93.4 Å². The molecular weight excluding hydrogens is 282 g/mol. The third kappa shape index (κ3) is 6.90. The van der Waals surface area contributed by atoms with Gasteiger partial charge in [0, 0.05) is 12.1 Å². The fourth-order valence-electron chi connectivity index (χ4n) is 1.62. The molecule has 0 bridgehead atoms. The molecule has 0 aliphatic rings. The Morgan fingerprint density at radius 1 is 1.23 bits per heavy atom. The van der Waals surface area contributed by atoms with Gasteiger partial charge in [0.15, 0.2) is 0 Å². The Labute approximate surface area is 130 Å². The van der Waals surface area contributed by atoms with Crippen molar-refractivity contribution in [3.8, 4) is 0 Å². The van der Waals surface area contributed by atoms with Crippen LogP contribution in [0.2, 0.25) is 0 Å². The summed E-state index contributed by atoms with van der Waals surface area (Å²) in [4.78, 5) is 22.7. The van der Waals surface area contributed by atoms with E-state index in [9.17, 15) is 9.59 Å². The number of hydrazine groups is 1. The van der Waals surface area contributed by atoms with Crippen LogP contribution in [0.4, 0.5) is 4.79 Å². The number of rotatable bonds is 5. The van der Waals surface area contributed by atoms with E-state index in [4.69, 9.17) is 10.6 Å². The molecule has 1 aromatic rings. The van der Waals surface area contributed by atoms with Crippen LogP contribution in [0, 0.1) is 0 Å². The molecule has 1 rings (SSSR count). The van der Waals surface area contributed by atoms with Gasteiger partial charge in [-0.05, 0) is 44.9 Å². The van der Waals surface area contributed by atoms with Gasteiger partial charge in [-0.2, -0.15) is 0 Å². The van der Waals surface area contributed by atoms with Crippen molar-refractivity contribution in [2.24, 2.45) is 5.84 Å². The Hall–Kier alpha value is -2.34. The molecule has 0 heterocycles. The predicted molar refractivity (Wildman–Crippen MR) is 86.0 cm³/mol. The molecule has 0 fully saturated rings. The Morgan fingerprint density at radius 3 is 2.41 bits per heavy atom. The van der Waals surface area contributed by atoms with Crippen LogP contribution in [0.15, 0.2) is 30.3 Å². The molecule has 22 heavy (non-hydrogen) atoms. The molecule has 0 saturated heterocycles. The molecule has 0 aliphatic heterocycles. The van der Waals surface area contributed by atoms with Crippen LogP contribution in [0.5, 0.6) is 0 Å². The van der Waals surface area contributed by atoms with E-state index in [1.54, 1.807) is 12.1 Å². The van der Waals surface area contributed by atoms with E-state index in [1.807, 2.05) is 45.1 Å². The number of nitrogens with one attached hydrogen (secondary N) is 2. The summed E-state index contributed by atoms with van der Waals surface area (Å²) in [6.07, 6.45) is 4.12. The zero-order valence-corrected chi connectivity index (χ0v) is 13.2. The van der Waals surface area contributed by atoms with Gasteiger partial charge in [-0.25, -0.2) is 10.6 Å². The highest BCUT2D eigenvalue weighted by atomic mass is 16.6. The normalized spacial score (nSPS) is 11.3. The summed E-state index contributed by atoms with van der Waals surface area (Å²) >= 11 is 0. The molecule has 0 unspecified atom stereocenters. The lowest BCUT2D eigenvalue weighted by molar-refractivity contribution is 0.0528. The van der Waals surface area contributed by atoms with Gasteiger partial charge >= 0.3 is 6.09 Å². The fourth-order valence-corrected chi connectivity index (χ4v) is 1.62. The lowest BCUT2D eigenvalue weighted by Crippen LogP contribution is -2.32. The van der Waals surface area contributed by atoms with E-state index in [0.29, 0.717) is 18.5 Å². The van der Waals surface area contributed by atoms with Gasteiger partial charge in [0.2, 0.25) is 0 Å². The number of amides is 2. The zero-order valence-electron chi connectivity index (χ0n) is 13.2. The quantitative estimate of drug-likeness (QED) is 0.336. The van der Waals surface area contributed by atoms with E-state index >= 15 is 0 Å². The average molecular weight is 305 g/mol. The summed E-state index contributed by atoms with van der Waals surface area (Å²) in [6.45, 7) is 5.96. The van der Waals surface area contributed by atoms with E-state index < -0.39 is 11.7 Å². The molecule has 6 heteroatoms. The summed E-state index contributed by atoms with van der Waals surface area (Å²) in [5.74, 6) is 4.74. The second-order valence-corrected chi connectivity index (χ2v) is 5.72. The van der Waals surface area contributed by atoms with Crippen molar-refractivity contribution in [1.29, 1.82) is 0 Å². The Kier molecular flexibility index (Phi) is 6.59. The van der Waals surface area contributed by atoms with Gasteiger partial charge in [-0.3, -0.25) is 10.2 Å². The van der Waals surface area contributed by atoms with Crippen molar-refractivity contribution in [2.45, 2.75) is 32.8 Å². The minimum absolute atomic E-state index is 0.322. The second-order valence-electron chi connectivity index (χ2n) is 5.72. The summed E-state index contributed by atoms with van der Waals surface area (Å²) in [7, 11) is 0. The number of carbonyl (C=O) groups is 2. The molecule has 0 atom stereocenters. The first kappa shape index (κ1) is 17.7. The number of alkyl carbamates (subject to hydrolysis) is 1. The zero-order chi connectivity index (χ0) is 16.6. The largest absolute Gasteiger partial charge is 0.444 e. The number of ether oxygens (including phenoxy) is 1. The maximum absolute atomic E-state index is 11.4. The molecule has 1 aromatic carbocycles. The van der Waals surface area contributed by atoms with Crippen molar-refractivity contribution < 1.29 is 14.3 Å². The van der Waals surface area contributed by atoms with E-state index in [-0.39, 0.29) is 5.91 Å². The van der Waals surface area contributed by atoms with E-state index in [0.717, 1.165) is 5.56 Å². The van der Waals surface area contributed by atoms with Gasteiger partial charge in [0.25, 0.3) is 5.91 Å². The highest BCUT2D eigenvalue weighted by Crippen LogP contribution is 2.07. The predicted octanol–water partition coefficient (Wildman–Crippen LogP) is 2.22. The molecule has 0 saturated carbocycles. The third-order valence-corrected chi connectivity index (χ3v) is 2.59. The van der Waals surface area contributed by atoms with E-state index in [1.165, 1.54) is 0 Å². The monoisotopic (exact) mass is 305 g/mol. The first-order valence-electron chi connectivity index (χ1n) is 7.06. The molecule has 4 N–H and O–H groups in total. The van der Waals surface area contributed by atoms with Gasteiger partial charge in [0.05, 0.1) is 0 Å². The molecule has 0 aliphatic carbocycles. The minimum Gasteiger partial charge on any atom is -0.444 e. The Bertz CT molecular complexity index is 531. The van der Waals surface area contributed by atoms with Crippen molar-refractivity contribution in [3.63, 3.8) is 0 Å². The molecule has 0 radical (unpaired) electrons. The van der Waals surface area contributed by atoms with Crippen molar-refractivity contribution >= 4 is 18.1 Å². The Morgan fingerprint density at radius 2 is 1.86 bits per heavy atom. The van der Waals surface area contributed by atoms with Crippen molar-refractivity contribution in [2.75, 3.05) is 6.54 Å². The molecule has 2 amide bonds. The highest BCUT2D eigenvalue weighted by molar-refractivity contribution is 5.93. The second kappa shape index (κ2) is 8.19. The van der Waals surface area contributed by atoms with Gasteiger partial charge in [-0.15, -0.1) is 0 Å². The van der Waals surface area contributed by atoms with Crippen molar-refractivity contribution in [1.82, 2.24) is 10.7 Å². The van der Waals surface area contributed by atoms with Gasteiger partial charge < -0.3 is 10.1 Å². The van der Waals surface area contributed by atoms with Crippen LogP contribution in [0.3, 0.4) is 0 Å². The molecule has 120 valence electrons. The summed E-state index contributed by atoms with van der Waals surface area (Å²) in [5, 5.41) is 2.68. The van der Waals surface area contributed by atoms with Gasteiger partial charge in [0.1, 0.15) is 5.60 Å². The minimum atomic E-state index is -0.489. The lowest BCUT2D eigenvalue weighted by atomic mass is 10.1. The Balaban J connectivity index is 2.34. The highest BCUT2D eigenvalue weighted by Gasteiger charge is 2.15. The number of carbonyl (C=O) groups excluding carboxylic acids is 2. The fraction of sp³-hybridized carbons (Fsp3) is 0.375. The average Bonchev–Trinajstić information content (AvgIpc) is 2.45. The van der Waals surface area contributed by atoms with Crippen LogP contribution in [-0.4, -0.2) is 24.1 Å². The first-order chi connectivity index (χ1) is 10.3.